The third-order valence-corrected chi connectivity index (χ3v) is 4.61. The molecule has 4 nitrogen and oxygen atoms in total. The third kappa shape index (κ3) is 2.90. The minimum absolute atomic E-state index is 0.342. The molecule has 0 aliphatic carbocycles. The molecule has 0 aliphatic heterocycles. The molecule has 0 radical (unpaired) electrons. The molecule has 5 heteroatoms. The number of hydrogen-bond donors (Lipinski definition) is 1. The summed E-state index contributed by atoms with van der Waals surface area (Å²) in [6.07, 6.45) is 0. The number of aromatic nitrogens is 2. The lowest BCUT2D eigenvalue weighted by Gasteiger charge is -2.09. The van der Waals surface area contributed by atoms with Crippen molar-refractivity contribution in [2.45, 2.75) is 19.8 Å². The first-order chi connectivity index (χ1) is 8.79. The fourth-order valence-electron chi connectivity index (χ4n) is 1.86. The third-order valence-electron chi connectivity index (χ3n) is 3.06. The summed E-state index contributed by atoms with van der Waals surface area (Å²) >= 11 is 0. The Morgan fingerprint density at radius 2 is 1.79 bits per heavy atom. The van der Waals surface area contributed by atoms with Gasteiger partial charge in [0.15, 0.2) is 0 Å². The van der Waals surface area contributed by atoms with E-state index in [9.17, 15) is 4.57 Å². The van der Waals surface area contributed by atoms with Gasteiger partial charge in [0.2, 0.25) is 0 Å². The molecule has 0 aliphatic rings. The van der Waals surface area contributed by atoms with Crippen LogP contribution in [0.3, 0.4) is 0 Å². The molecule has 0 fully saturated rings. The fourth-order valence-corrected chi connectivity index (χ4v) is 2.72. The van der Waals surface area contributed by atoms with E-state index in [1.54, 1.807) is 18.0 Å². The largest absolute Gasteiger partial charge is 0.384 e. The van der Waals surface area contributed by atoms with E-state index in [4.69, 9.17) is 5.73 Å². The molecular formula is C14H20N3OP. The molecule has 0 amide bonds. The first-order valence-corrected chi connectivity index (χ1v) is 8.90. The molecule has 0 spiro atoms. The van der Waals surface area contributed by atoms with Gasteiger partial charge in [-0.25, -0.2) is 4.68 Å². The van der Waals surface area contributed by atoms with Gasteiger partial charge in [-0.1, -0.05) is 13.8 Å². The zero-order valence-electron chi connectivity index (χ0n) is 11.8. The molecule has 19 heavy (non-hydrogen) atoms. The standard InChI is InChI=1S/C14H20N3OP/c1-10(2)13-9-14(15)17(16-13)11-5-7-12(8-6-11)19(3,4)18/h5-10H,15H2,1-4H3. The maximum absolute atomic E-state index is 12.0. The molecule has 1 aromatic carbocycles. The van der Waals surface area contributed by atoms with Gasteiger partial charge in [0, 0.05) is 11.4 Å². The molecule has 1 heterocycles. The van der Waals surface area contributed by atoms with E-state index in [0.29, 0.717) is 11.7 Å². The Labute approximate surface area is 114 Å². The van der Waals surface area contributed by atoms with E-state index < -0.39 is 7.14 Å². The zero-order chi connectivity index (χ0) is 14.2. The summed E-state index contributed by atoms with van der Waals surface area (Å²) in [5, 5.41) is 5.36. The Morgan fingerprint density at radius 3 is 2.21 bits per heavy atom. The van der Waals surface area contributed by atoms with Crippen LogP contribution in [0.25, 0.3) is 5.69 Å². The van der Waals surface area contributed by atoms with Crippen molar-refractivity contribution in [3.8, 4) is 5.69 Å². The molecule has 0 saturated carbocycles. The number of benzene rings is 1. The van der Waals surface area contributed by atoms with E-state index in [-0.39, 0.29) is 0 Å². The van der Waals surface area contributed by atoms with Crippen LogP contribution >= 0.6 is 7.14 Å². The molecule has 0 saturated heterocycles. The lowest BCUT2D eigenvalue weighted by Crippen LogP contribution is -2.06. The normalized spacial score (nSPS) is 12.1. The van der Waals surface area contributed by atoms with Crippen LogP contribution in [0.4, 0.5) is 5.82 Å². The number of nitrogens with zero attached hydrogens (tertiary/aromatic N) is 2. The highest BCUT2D eigenvalue weighted by Gasteiger charge is 2.13. The van der Waals surface area contributed by atoms with Crippen molar-refractivity contribution < 1.29 is 4.57 Å². The first kappa shape index (κ1) is 13.9. The predicted octanol–water partition coefficient (Wildman–Crippen LogP) is 2.83. The van der Waals surface area contributed by atoms with Crippen molar-refractivity contribution in [3.63, 3.8) is 0 Å². The summed E-state index contributed by atoms with van der Waals surface area (Å²) in [5.41, 5.74) is 7.84. The van der Waals surface area contributed by atoms with Crippen molar-refractivity contribution in [2.24, 2.45) is 0 Å². The Hall–Kier alpha value is -1.54. The second-order valence-corrected chi connectivity index (χ2v) is 8.65. The SMILES string of the molecule is CC(C)c1cc(N)n(-c2ccc(P(C)(C)=O)cc2)n1. The molecule has 2 aromatic rings. The summed E-state index contributed by atoms with van der Waals surface area (Å²) < 4.78 is 13.7. The van der Waals surface area contributed by atoms with Crippen molar-refractivity contribution in [2.75, 3.05) is 19.1 Å². The van der Waals surface area contributed by atoms with Gasteiger partial charge in [-0.15, -0.1) is 0 Å². The van der Waals surface area contributed by atoms with Crippen molar-refractivity contribution in [1.82, 2.24) is 9.78 Å². The average molecular weight is 277 g/mol. The van der Waals surface area contributed by atoms with Crippen molar-refractivity contribution in [3.05, 3.63) is 36.0 Å². The Balaban J connectivity index is 2.40. The van der Waals surface area contributed by atoms with Gasteiger partial charge in [0.25, 0.3) is 0 Å². The monoisotopic (exact) mass is 277 g/mol. The van der Waals surface area contributed by atoms with Gasteiger partial charge in [0.05, 0.1) is 11.4 Å². The fraction of sp³-hybridized carbons (Fsp3) is 0.357. The van der Waals surface area contributed by atoms with E-state index in [1.165, 1.54) is 0 Å². The van der Waals surface area contributed by atoms with Crippen LogP contribution in [-0.2, 0) is 4.57 Å². The van der Waals surface area contributed by atoms with Gasteiger partial charge in [-0.3, -0.25) is 0 Å². The number of nitrogen functional groups attached to an aromatic ring is 1. The molecule has 0 unspecified atom stereocenters. The summed E-state index contributed by atoms with van der Waals surface area (Å²) in [5.74, 6) is 0.960. The number of anilines is 1. The lowest BCUT2D eigenvalue weighted by molar-refractivity contribution is 0.588. The van der Waals surface area contributed by atoms with Crippen LogP contribution in [0, 0.1) is 0 Å². The highest BCUT2D eigenvalue weighted by Crippen LogP contribution is 2.34. The highest BCUT2D eigenvalue weighted by molar-refractivity contribution is 7.70. The minimum Gasteiger partial charge on any atom is -0.384 e. The second-order valence-electron chi connectivity index (χ2n) is 5.43. The first-order valence-electron chi connectivity index (χ1n) is 6.30. The van der Waals surface area contributed by atoms with Crippen molar-refractivity contribution in [1.29, 1.82) is 0 Å². The van der Waals surface area contributed by atoms with Crippen LogP contribution in [0.15, 0.2) is 30.3 Å². The van der Waals surface area contributed by atoms with E-state index in [2.05, 4.69) is 18.9 Å². The van der Waals surface area contributed by atoms with Gasteiger partial charge in [0.1, 0.15) is 13.0 Å². The molecule has 102 valence electrons. The number of hydrogen-bond acceptors (Lipinski definition) is 3. The molecule has 0 bridgehead atoms. The Kier molecular flexibility index (Phi) is 3.55. The van der Waals surface area contributed by atoms with Crippen LogP contribution in [0.5, 0.6) is 0 Å². The molecule has 2 N–H and O–H groups in total. The zero-order valence-corrected chi connectivity index (χ0v) is 12.7. The smallest absolute Gasteiger partial charge is 0.127 e. The highest BCUT2D eigenvalue weighted by atomic mass is 31.2. The van der Waals surface area contributed by atoms with Gasteiger partial charge < -0.3 is 10.3 Å². The van der Waals surface area contributed by atoms with Gasteiger partial charge in [-0.05, 0) is 43.5 Å². The van der Waals surface area contributed by atoms with Crippen LogP contribution in [0.1, 0.15) is 25.5 Å². The number of rotatable bonds is 3. The van der Waals surface area contributed by atoms with Crippen LogP contribution < -0.4 is 11.0 Å². The Bertz CT molecular complexity index is 623. The van der Waals surface area contributed by atoms with E-state index in [0.717, 1.165) is 16.7 Å². The summed E-state index contributed by atoms with van der Waals surface area (Å²) in [4.78, 5) is 0. The topological polar surface area (TPSA) is 60.9 Å². The molecule has 1 aromatic heterocycles. The predicted molar refractivity (Wildman–Crippen MR) is 81.2 cm³/mol. The molecule has 0 atom stereocenters. The van der Waals surface area contributed by atoms with Crippen molar-refractivity contribution >= 4 is 18.3 Å². The van der Waals surface area contributed by atoms with E-state index in [1.807, 2.05) is 30.3 Å². The van der Waals surface area contributed by atoms with Gasteiger partial charge >= 0.3 is 0 Å². The molecular weight excluding hydrogens is 257 g/mol. The second kappa shape index (κ2) is 4.86. The number of nitrogens with two attached hydrogens (primary N) is 1. The maximum atomic E-state index is 12.0. The summed E-state index contributed by atoms with van der Waals surface area (Å²) in [7, 11) is -2.21. The lowest BCUT2D eigenvalue weighted by atomic mass is 10.1. The van der Waals surface area contributed by atoms with Crippen LogP contribution in [0.2, 0.25) is 0 Å². The summed E-state index contributed by atoms with van der Waals surface area (Å²) in [6, 6.07) is 9.46. The van der Waals surface area contributed by atoms with Gasteiger partial charge in [-0.2, -0.15) is 5.10 Å². The quantitative estimate of drug-likeness (QED) is 0.877. The average Bonchev–Trinajstić information content (AvgIpc) is 2.70. The summed E-state index contributed by atoms with van der Waals surface area (Å²) in [6.45, 7) is 7.70. The van der Waals surface area contributed by atoms with Crippen LogP contribution in [-0.4, -0.2) is 23.1 Å². The van der Waals surface area contributed by atoms with E-state index >= 15 is 0 Å². The maximum Gasteiger partial charge on any atom is 0.127 e. The minimum atomic E-state index is -2.21. The Morgan fingerprint density at radius 1 is 1.21 bits per heavy atom. The molecule has 2 rings (SSSR count).